The zero-order chi connectivity index (χ0) is 9.78. The van der Waals surface area contributed by atoms with Crippen LogP contribution in [0, 0.1) is 0 Å². The largest absolute Gasteiger partial charge is 0.379 e. The summed E-state index contributed by atoms with van der Waals surface area (Å²) in [5.41, 5.74) is 0. The lowest BCUT2D eigenvalue weighted by Crippen LogP contribution is -2.03. The number of hydrogen-bond donors (Lipinski definition) is 0. The highest BCUT2D eigenvalue weighted by molar-refractivity contribution is 7.97. The summed E-state index contributed by atoms with van der Waals surface area (Å²) in [4.78, 5) is 4.73. The summed E-state index contributed by atoms with van der Waals surface area (Å²) >= 11 is 1.05. The fraction of sp³-hybridized carbons (Fsp3) is 0.556. The van der Waals surface area contributed by atoms with Crippen LogP contribution in [0.1, 0.15) is 12.8 Å². The normalized spacial score (nSPS) is 9.85. The molecule has 0 aliphatic carbocycles. The van der Waals surface area contributed by atoms with Crippen molar-refractivity contribution in [1.29, 1.82) is 0 Å². The van der Waals surface area contributed by atoms with Crippen LogP contribution in [0.5, 0.6) is 0 Å². The van der Waals surface area contributed by atoms with E-state index in [4.69, 9.17) is 9.62 Å². The third-order valence-corrected chi connectivity index (χ3v) is 1.47. The molecule has 0 saturated heterocycles. The molecule has 0 aromatic carbocycles. The van der Waals surface area contributed by atoms with Crippen LogP contribution in [-0.2, 0) is 14.0 Å². The molecule has 0 spiro atoms. The third-order valence-electron chi connectivity index (χ3n) is 1.16. The SMILES string of the molecule is C=CCCCOCCOOSC=C. The summed E-state index contributed by atoms with van der Waals surface area (Å²) in [6.45, 7) is 8.79. The molecule has 0 radical (unpaired) electrons. The molecule has 0 amide bonds. The maximum absolute atomic E-state index is 5.23. The minimum atomic E-state index is 0.439. The first-order valence-corrected chi connectivity index (χ1v) is 4.96. The van der Waals surface area contributed by atoms with Crippen LogP contribution in [0.3, 0.4) is 0 Å². The average Bonchev–Trinajstić information content (AvgIpc) is 2.16. The Morgan fingerprint density at radius 1 is 1.15 bits per heavy atom. The van der Waals surface area contributed by atoms with E-state index in [0.29, 0.717) is 13.2 Å². The van der Waals surface area contributed by atoms with Gasteiger partial charge in [-0.05, 0) is 18.2 Å². The molecule has 0 N–H and O–H groups in total. The van der Waals surface area contributed by atoms with E-state index in [1.165, 1.54) is 0 Å². The summed E-state index contributed by atoms with van der Waals surface area (Å²) < 4.78 is 9.84. The molecular formula is C9H16O3S. The molecule has 0 rings (SSSR count). The van der Waals surface area contributed by atoms with Gasteiger partial charge in [0.1, 0.15) is 6.61 Å². The predicted octanol–water partition coefficient (Wildman–Crippen LogP) is 2.71. The number of hydrogen-bond acceptors (Lipinski definition) is 4. The zero-order valence-electron chi connectivity index (χ0n) is 7.74. The van der Waals surface area contributed by atoms with Crippen LogP contribution in [0.15, 0.2) is 24.6 Å². The second-order valence-electron chi connectivity index (χ2n) is 2.20. The number of rotatable bonds is 10. The van der Waals surface area contributed by atoms with Crippen molar-refractivity contribution in [3.05, 3.63) is 24.6 Å². The fourth-order valence-corrected chi connectivity index (χ4v) is 0.793. The van der Waals surface area contributed by atoms with Crippen LogP contribution in [0.25, 0.3) is 0 Å². The van der Waals surface area contributed by atoms with Crippen LogP contribution >= 0.6 is 12.0 Å². The molecule has 4 heteroatoms. The van der Waals surface area contributed by atoms with Gasteiger partial charge in [-0.3, -0.25) is 0 Å². The molecular weight excluding hydrogens is 188 g/mol. The smallest absolute Gasteiger partial charge is 0.107 e. The Morgan fingerprint density at radius 2 is 2.00 bits per heavy atom. The lowest BCUT2D eigenvalue weighted by atomic mass is 10.3. The lowest BCUT2D eigenvalue weighted by Gasteiger charge is -2.02. The second-order valence-corrected chi connectivity index (χ2v) is 2.86. The van der Waals surface area contributed by atoms with Gasteiger partial charge in [0, 0.05) is 6.61 Å². The Morgan fingerprint density at radius 3 is 2.69 bits per heavy atom. The van der Waals surface area contributed by atoms with Crippen LogP contribution in [-0.4, -0.2) is 19.8 Å². The van der Waals surface area contributed by atoms with Gasteiger partial charge in [0.15, 0.2) is 0 Å². The summed E-state index contributed by atoms with van der Waals surface area (Å²) in [6.07, 6.45) is 3.87. The van der Waals surface area contributed by atoms with Gasteiger partial charge in [-0.25, -0.2) is 4.89 Å². The average molecular weight is 204 g/mol. The van der Waals surface area contributed by atoms with Gasteiger partial charge < -0.3 is 4.74 Å². The van der Waals surface area contributed by atoms with E-state index in [9.17, 15) is 0 Å². The van der Waals surface area contributed by atoms with E-state index in [-0.39, 0.29) is 0 Å². The molecule has 0 aromatic rings. The topological polar surface area (TPSA) is 27.7 Å². The summed E-state index contributed by atoms with van der Waals surface area (Å²) in [5, 5.41) is 1.55. The van der Waals surface area contributed by atoms with E-state index in [2.05, 4.69) is 17.5 Å². The van der Waals surface area contributed by atoms with Gasteiger partial charge in [0.05, 0.1) is 18.6 Å². The zero-order valence-corrected chi connectivity index (χ0v) is 8.55. The molecule has 0 heterocycles. The molecule has 13 heavy (non-hydrogen) atoms. The van der Waals surface area contributed by atoms with Gasteiger partial charge >= 0.3 is 0 Å². The molecule has 0 saturated carbocycles. The van der Waals surface area contributed by atoms with Gasteiger partial charge in [0.2, 0.25) is 0 Å². The predicted molar refractivity (Wildman–Crippen MR) is 55.1 cm³/mol. The Labute approximate surface area is 83.9 Å². The van der Waals surface area contributed by atoms with Crippen molar-refractivity contribution in [3.63, 3.8) is 0 Å². The minimum Gasteiger partial charge on any atom is -0.379 e. The molecule has 3 nitrogen and oxygen atoms in total. The molecule has 0 atom stereocenters. The van der Waals surface area contributed by atoms with E-state index in [1.54, 1.807) is 5.41 Å². The maximum Gasteiger partial charge on any atom is 0.107 e. The third kappa shape index (κ3) is 11.7. The first-order chi connectivity index (χ1) is 6.41. The van der Waals surface area contributed by atoms with Gasteiger partial charge in [0.25, 0.3) is 0 Å². The lowest BCUT2D eigenvalue weighted by molar-refractivity contribution is -0.199. The number of ether oxygens (including phenoxy) is 1. The van der Waals surface area contributed by atoms with Crippen molar-refractivity contribution in [1.82, 2.24) is 0 Å². The van der Waals surface area contributed by atoms with E-state index in [0.717, 1.165) is 31.5 Å². The van der Waals surface area contributed by atoms with Crippen LogP contribution in [0.2, 0.25) is 0 Å². The van der Waals surface area contributed by atoms with Gasteiger partial charge in [-0.15, -0.1) is 6.58 Å². The van der Waals surface area contributed by atoms with Gasteiger partial charge in [-0.2, -0.15) is 4.33 Å². The number of unbranched alkanes of at least 4 members (excludes halogenated alkanes) is 1. The molecule has 0 bridgehead atoms. The monoisotopic (exact) mass is 204 g/mol. The summed E-state index contributed by atoms with van der Waals surface area (Å²) in [5.74, 6) is 0. The van der Waals surface area contributed by atoms with Crippen molar-refractivity contribution in [2.45, 2.75) is 12.8 Å². The molecule has 0 aliphatic heterocycles. The molecule has 0 aromatic heterocycles. The highest BCUT2D eigenvalue weighted by Crippen LogP contribution is 2.01. The summed E-state index contributed by atoms with van der Waals surface area (Å²) in [7, 11) is 0. The van der Waals surface area contributed by atoms with Gasteiger partial charge in [-0.1, -0.05) is 12.7 Å². The van der Waals surface area contributed by atoms with Crippen molar-refractivity contribution >= 4 is 12.0 Å². The first-order valence-electron chi connectivity index (χ1n) is 4.16. The summed E-state index contributed by atoms with van der Waals surface area (Å²) in [6, 6.07) is 0. The Balaban J connectivity index is 2.83. The maximum atomic E-state index is 5.23. The molecule has 76 valence electrons. The number of allylic oxidation sites excluding steroid dienone is 1. The van der Waals surface area contributed by atoms with E-state index >= 15 is 0 Å². The van der Waals surface area contributed by atoms with Crippen molar-refractivity contribution in [2.24, 2.45) is 0 Å². The molecule has 0 unspecified atom stereocenters. The first kappa shape index (κ1) is 12.7. The molecule has 0 aliphatic rings. The van der Waals surface area contributed by atoms with Crippen molar-refractivity contribution in [2.75, 3.05) is 19.8 Å². The Kier molecular flexibility index (Phi) is 11.4. The van der Waals surface area contributed by atoms with E-state index in [1.807, 2.05) is 6.08 Å². The van der Waals surface area contributed by atoms with E-state index < -0.39 is 0 Å². The molecule has 0 fully saturated rings. The van der Waals surface area contributed by atoms with Crippen LogP contribution < -0.4 is 0 Å². The Bertz CT molecular complexity index is 114. The minimum absolute atomic E-state index is 0.439. The second kappa shape index (κ2) is 11.7. The Hall–Kier alpha value is -0.290. The van der Waals surface area contributed by atoms with Crippen LogP contribution in [0.4, 0.5) is 0 Å². The fourth-order valence-electron chi connectivity index (χ4n) is 0.614. The highest BCUT2D eigenvalue weighted by Gasteiger charge is 1.89. The standard InChI is InChI=1S/C9H16O3S/c1-3-5-6-7-10-8-9-11-12-13-4-2/h3-4H,1-2,5-9H2. The quantitative estimate of drug-likeness (QED) is 0.180. The van der Waals surface area contributed by atoms with Crippen molar-refractivity contribution < 1.29 is 14.0 Å². The highest BCUT2D eigenvalue weighted by atomic mass is 32.2. The van der Waals surface area contributed by atoms with Crippen molar-refractivity contribution in [3.8, 4) is 0 Å².